The number of fused-ring (bicyclic) bond motifs is 1. The van der Waals surface area contributed by atoms with Crippen molar-refractivity contribution in [3.05, 3.63) is 33.7 Å². The van der Waals surface area contributed by atoms with Crippen molar-refractivity contribution in [3.8, 4) is 0 Å². The quantitative estimate of drug-likeness (QED) is 0.915. The second-order valence-electron chi connectivity index (χ2n) is 5.58. The highest BCUT2D eigenvalue weighted by atomic mass is 32.1. The molecule has 0 aromatic carbocycles. The van der Waals surface area contributed by atoms with E-state index in [2.05, 4.69) is 15.2 Å². The lowest BCUT2D eigenvalue weighted by Crippen LogP contribution is -2.47. The van der Waals surface area contributed by atoms with Crippen LogP contribution in [0.5, 0.6) is 0 Å². The molecule has 8 heteroatoms. The Labute approximate surface area is 137 Å². The molecule has 0 bridgehead atoms. The summed E-state index contributed by atoms with van der Waals surface area (Å²) in [6.07, 6.45) is 3.31. The number of alkyl carbamates (subject to hydrolysis) is 1. The lowest BCUT2D eigenvalue weighted by Gasteiger charge is -2.32. The summed E-state index contributed by atoms with van der Waals surface area (Å²) in [7, 11) is 0. The van der Waals surface area contributed by atoms with Gasteiger partial charge in [0, 0.05) is 36.8 Å². The average molecular weight is 336 g/mol. The predicted octanol–water partition coefficient (Wildman–Crippen LogP) is 1.47. The Kier molecular flexibility index (Phi) is 4.92. The lowest BCUT2D eigenvalue weighted by atomic mass is 10.1. The average Bonchev–Trinajstić information content (AvgIpc) is 2.96. The molecule has 0 aliphatic carbocycles. The van der Waals surface area contributed by atoms with Gasteiger partial charge in [0.25, 0.3) is 5.56 Å². The van der Waals surface area contributed by atoms with Crippen LogP contribution in [-0.2, 0) is 11.3 Å². The molecule has 1 fully saturated rings. The van der Waals surface area contributed by atoms with Gasteiger partial charge < -0.3 is 10.1 Å². The number of carbonyl (C=O) groups excluding carboxylic acids is 1. The smallest absolute Gasteiger partial charge is 0.407 e. The van der Waals surface area contributed by atoms with E-state index in [0.717, 1.165) is 31.6 Å². The molecule has 124 valence electrons. The summed E-state index contributed by atoms with van der Waals surface area (Å²) in [5.74, 6) is 0. The minimum atomic E-state index is -0.365. The molecule has 3 rings (SSSR count). The highest BCUT2D eigenvalue weighted by Gasteiger charge is 2.22. The van der Waals surface area contributed by atoms with E-state index in [1.54, 1.807) is 23.6 Å². The van der Waals surface area contributed by atoms with Gasteiger partial charge in [0.2, 0.25) is 0 Å². The predicted molar refractivity (Wildman–Crippen MR) is 87.8 cm³/mol. The third-order valence-electron chi connectivity index (χ3n) is 3.84. The number of piperidine rings is 1. The summed E-state index contributed by atoms with van der Waals surface area (Å²) < 4.78 is 6.48. The van der Waals surface area contributed by atoms with Crippen molar-refractivity contribution in [2.45, 2.75) is 32.4 Å². The van der Waals surface area contributed by atoms with Crippen molar-refractivity contribution >= 4 is 22.4 Å². The number of hydrogen-bond donors (Lipinski definition) is 1. The number of rotatable bonds is 4. The Bertz CT molecular complexity index is 742. The first-order valence-corrected chi connectivity index (χ1v) is 8.65. The fraction of sp³-hybridized carbons (Fsp3) is 0.533. The molecule has 2 aromatic heterocycles. The van der Waals surface area contributed by atoms with E-state index >= 15 is 0 Å². The molecule has 1 atom stereocenters. The number of likely N-dealkylation sites (tertiary alicyclic amines) is 1. The van der Waals surface area contributed by atoms with Gasteiger partial charge in [-0.05, 0) is 26.3 Å². The van der Waals surface area contributed by atoms with Crippen molar-refractivity contribution in [3.63, 3.8) is 0 Å². The van der Waals surface area contributed by atoms with Gasteiger partial charge in [-0.25, -0.2) is 9.78 Å². The minimum Gasteiger partial charge on any atom is -0.450 e. The number of nitrogens with zero attached hydrogens (tertiary/aromatic N) is 3. The molecule has 7 nitrogen and oxygen atoms in total. The fourth-order valence-electron chi connectivity index (χ4n) is 2.85. The largest absolute Gasteiger partial charge is 0.450 e. The van der Waals surface area contributed by atoms with Crippen molar-refractivity contribution < 1.29 is 9.53 Å². The monoisotopic (exact) mass is 336 g/mol. The topological polar surface area (TPSA) is 75.9 Å². The van der Waals surface area contributed by atoms with Crippen molar-refractivity contribution in [1.82, 2.24) is 19.6 Å². The number of carbonyl (C=O) groups is 1. The SMILES string of the molecule is CCOC(=O)N[C@@H]1CCCN(Cc2cc(=O)n3ccsc3n2)C1. The van der Waals surface area contributed by atoms with E-state index < -0.39 is 0 Å². The molecule has 1 aliphatic rings. The molecule has 0 saturated carbocycles. The van der Waals surface area contributed by atoms with Gasteiger partial charge in [0.1, 0.15) is 0 Å². The van der Waals surface area contributed by atoms with Crippen LogP contribution in [0.15, 0.2) is 22.4 Å². The molecule has 1 saturated heterocycles. The third kappa shape index (κ3) is 3.89. The third-order valence-corrected chi connectivity index (χ3v) is 4.60. The van der Waals surface area contributed by atoms with Crippen LogP contribution in [0.1, 0.15) is 25.5 Å². The van der Waals surface area contributed by atoms with Gasteiger partial charge >= 0.3 is 6.09 Å². The number of amides is 1. The van der Waals surface area contributed by atoms with Crippen LogP contribution in [0, 0.1) is 0 Å². The number of thiazole rings is 1. The first-order chi connectivity index (χ1) is 11.2. The Hall–Kier alpha value is -1.93. The highest BCUT2D eigenvalue weighted by molar-refractivity contribution is 7.15. The maximum absolute atomic E-state index is 12.0. The Morgan fingerprint density at radius 3 is 3.26 bits per heavy atom. The van der Waals surface area contributed by atoms with Crippen molar-refractivity contribution in [2.24, 2.45) is 0 Å². The number of ether oxygens (including phenoxy) is 1. The molecule has 3 heterocycles. The summed E-state index contributed by atoms with van der Waals surface area (Å²) in [6.45, 7) is 4.45. The molecule has 1 N–H and O–H groups in total. The van der Waals surface area contributed by atoms with E-state index in [0.29, 0.717) is 18.1 Å². The number of nitrogens with one attached hydrogen (secondary N) is 1. The summed E-state index contributed by atoms with van der Waals surface area (Å²) in [5.41, 5.74) is 0.721. The molecule has 2 aromatic rings. The lowest BCUT2D eigenvalue weighted by molar-refractivity contribution is 0.132. The Morgan fingerprint density at radius 2 is 2.43 bits per heavy atom. The van der Waals surface area contributed by atoms with Crippen LogP contribution >= 0.6 is 11.3 Å². The second-order valence-corrected chi connectivity index (χ2v) is 6.45. The zero-order valence-corrected chi connectivity index (χ0v) is 13.8. The molecular weight excluding hydrogens is 316 g/mol. The van der Waals surface area contributed by atoms with E-state index in [1.807, 2.05) is 5.38 Å². The van der Waals surface area contributed by atoms with E-state index in [9.17, 15) is 9.59 Å². The molecule has 1 aliphatic heterocycles. The molecule has 1 amide bonds. The van der Waals surface area contributed by atoms with Gasteiger partial charge in [0.15, 0.2) is 4.96 Å². The Morgan fingerprint density at radius 1 is 1.57 bits per heavy atom. The summed E-state index contributed by atoms with van der Waals surface area (Å²) >= 11 is 1.45. The minimum absolute atomic E-state index is 0.0514. The first kappa shape index (κ1) is 15.9. The van der Waals surface area contributed by atoms with Gasteiger partial charge in [0.05, 0.1) is 12.3 Å². The first-order valence-electron chi connectivity index (χ1n) is 7.77. The fourth-order valence-corrected chi connectivity index (χ4v) is 3.59. The maximum atomic E-state index is 12.0. The maximum Gasteiger partial charge on any atom is 0.407 e. The normalized spacial score (nSPS) is 18.9. The van der Waals surface area contributed by atoms with Crippen LogP contribution in [0.3, 0.4) is 0 Å². The van der Waals surface area contributed by atoms with E-state index in [4.69, 9.17) is 4.74 Å². The van der Waals surface area contributed by atoms with E-state index in [1.165, 1.54) is 11.3 Å². The van der Waals surface area contributed by atoms with Crippen molar-refractivity contribution in [2.75, 3.05) is 19.7 Å². The molecule has 23 heavy (non-hydrogen) atoms. The molecular formula is C15H20N4O3S. The van der Waals surface area contributed by atoms with E-state index in [-0.39, 0.29) is 17.7 Å². The van der Waals surface area contributed by atoms with Crippen LogP contribution < -0.4 is 10.9 Å². The highest BCUT2D eigenvalue weighted by Crippen LogP contribution is 2.14. The summed E-state index contributed by atoms with van der Waals surface area (Å²) in [5, 5.41) is 4.74. The van der Waals surface area contributed by atoms with Crippen LogP contribution in [0.25, 0.3) is 4.96 Å². The molecule has 0 spiro atoms. The zero-order chi connectivity index (χ0) is 16.2. The van der Waals surface area contributed by atoms with Crippen molar-refractivity contribution in [1.29, 1.82) is 0 Å². The molecule has 0 unspecified atom stereocenters. The summed E-state index contributed by atoms with van der Waals surface area (Å²) in [6, 6.07) is 1.66. The number of hydrogen-bond acceptors (Lipinski definition) is 6. The standard InChI is InChI=1S/C15H20N4O3S/c1-2-22-15(21)17-11-4-3-5-18(9-11)10-12-8-13(20)19-6-7-23-14(19)16-12/h6-8,11H,2-5,9-10H2,1H3,(H,17,21)/t11-/m1/s1. The summed E-state index contributed by atoms with van der Waals surface area (Å²) in [4.78, 5) is 31.0. The van der Waals surface area contributed by atoms with Crippen LogP contribution in [-0.4, -0.2) is 46.1 Å². The van der Waals surface area contributed by atoms with Crippen LogP contribution in [0.4, 0.5) is 4.79 Å². The van der Waals surface area contributed by atoms with Gasteiger partial charge in [-0.1, -0.05) is 0 Å². The van der Waals surface area contributed by atoms with Gasteiger partial charge in [-0.3, -0.25) is 14.1 Å². The van der Waals surface area contributed by atoms with Crippen LogP contribution in [0.2, 0.25) is 0 Å². The molecule has 0 radical (unpaired) electrons. The van der Waals surface area contributed by atoms with Gasteiger partial charge in [-0.15, -0.1) is 11.3 Å². The second kappa shape index (κ2) is 7.10. The Balaban J connectivity index is 1.64. The number of aromatic nitrogens is 2. The zero-order valence-electron chi connectivity index (χ0n) is 13.0. The van der Waals surface area contributed by atoms with Gasteiger partial charge in [-0.2, -0.15) is 0 Å².